The van der Waals surface area contributed by atoms with Crippen molar-refractivity contribution in [2.75, 3.05) is 51.2 Å². The second-order valence-electron chi connectivity index (χ2n) is 9.00. The molecule has 2 aromatic heterocycles. The summed E-state index contributed by atoms with van der Waals surface area (Å²) in [6.07, 6.45) is -0.595. The van der Waals surface area contributed by atoms with Crippen LogP contribution in [0.1, 0.15) is 5.01 Å². The predicted octanol–water partition coefficient (Wildman–Crippen LogP) is 4.38. The summed E-state index contributed by atoms with van der Waals surface area (Å²) in [6.45, 7) is 6.14. The molecule has 2 aromatic carbocycles. The van der Waals surface area contributed by atoms with E-state index in [9.17, 15) is 9.90 Å². The van der Waals surface area contributed by atoms with Crippen molar-refractivity contribution >= 4 is 55.5 Å². The van der Waals surface area contributed by atoms with E-state index < -0.39 is 6.10 Å². The fourth-order valence-electron chi connectivity index (χ4n) is 4.23. The average Bonchev–Trinajstić information content (AvgIpc) is 3.49. The van der Waals surface area contributed by atoms with Crippen LogP contribution in [0.5, 0.6) is 5.75 Å². The Morgan fingerprint density at radius 2 is 1.89 bits per heavy atom. The number of nitrogens with zero attached hydrogens (tertiary/aromatic N) is 4. The topological polar surface area (TPSA) is 90.8 Å². The van der Waals surface area contributed by atoms with Crippen molar-refractivity contribution in [2.45, 2.75) is 13.0 Å². The molecule has 3 heterocycles. The number of benzene rings is 2. The van der Waals surface area contributed by atoms with Crippen LogP contribution in [-0.4, -0.2) is 82.8 Å². The van der Waals surface area contributed by atoms with E-state index in [4.69, 9.17) is 16.3 Å². The van der Waals surface area contributed by atoms with Crippen LogP contribution < -0.4 is 10.1 Å². The molecular formula is C26H28ClN5O3S2. The number of hydrogen-bond acceptors (Lipinski definition) is 9. The number of fused-ring (bicyclic) bond motifs is 1. The third kappa shape index (κ3) is 7.04. The molecule has 8 nitrogen and oxygen atoms in total. The second kappa shape index (κ2) is 11.8. The number of hydrogen-bond donors (Lipinski definition) is 2. The van der Waals surface area contributed by atoms with Crippen LogP contribution in [0.25, 0.3) is 21.5 Å². The maximum atomic E-state index is 12.6. The van der Waals surface area contributed by atoms with Gasteiger partial charge in [-0.05, 0) is 31.2 Å². The monoisotopic (exact) mass is 557 g/mol. The molecule has 2 N–H and O–H groups in total. The highest BCUT2D eigenvalue weighted by Crippen LogP contribution is 2.27. The van der Waals surface area contributed by atoms with Gasteiger partial charge in [0.2, 0.25) is 5.91 Å². The number of ether oxygens (including phenoxy) is 1. The van der Waals surface area contributed by atoms with E-state index in [1.54, 1.807) is 11.3 Å². The number of aromatic nitrogens is 2. The number of aliphatic hydroxyl groups is 1. The minimum Gasteiger partial charge on any atom is -0.491 e. The SMILES string of the molecule is Cc1nc2cc(OC[C@H](O)CN3CCN(CC(=O)Nc4nc(-c5ccc(Cl)cc5)cs4)CC3)ccc2s1. The number of aliphatic hydroxyl groups excluding tert-OH is 1. The molecule has 1 saturated heterocycles. The normalized spacial score (nSPS) is 15.6. The highest BCUT2D eigenvalue weighted by Gasteiger charge is 2.21. The molecule has 0 bridgehead atoms. The summed E-state index contributed by atoms with van der Waals surface area (Å²) in [5.74, 6) is 0.638. The van der Waals surface area contributed by atoms with Crippen molar-refractivity contribution < 1.29 is 14.6 Å². The van der Waals surface area contributed by atoms with E-state index in [0.717, 1.165) is 52.7 Å². The highest BCUT2D eigenvalue weighted by molar-refractivity contribution is 7.18. The fraction of sp³-hybridized carbons (Fsp3) is 0.346. The molecule has 1 amide bonds. The quantitative estimate of drug-likeness (QED) is 0.316. The van der Waals surface area contributed by atoms with Crippen molar-refractivity contribution in [3.8, 4) is 17.0 Å². The van der Waals surface area contributed by atoms with Crippen molar-refractivity contribution in [3.05, 3.63) is 57.9 Å². The van der Waals surface area contributed by atoms with Gasteiger partial charge < -0.3 is 15.2 Å². The number of halogens is 1. The van der Waals surface area contributed by atoms with E-state index in [1.807, 2.05) is 54.8 Å². The number of nitrogens with one attached hydrogen (secondary N) is 1. The van der Waals surface area contributed by atoms with Crippen LogP contribution in [0, 0.1) is 6.92 Å². The smallest absolute Gasteiger partial charge is 0.240 e. The summed E-state index contributed by atoms with van der Waals surface area (Å²) >= 11 is 9.01. The van der Waals surface area contributed by atoms with E-state index in [-0.39, 0.29) is 12.5 Å². The van der Waals surface area contributed by atoms with Crippen molar-refractivity contribution in [2.24, 2.45) is 0 Å². The third-order valence-corrected chi connectivity index (χ3v) is 8.06. The third-order valence-electron chi connectivity index (χ3n) is 6.10. The highest BCUT2D eigenvalue weighted by atomic mass is 35.5. The van der Waals surface area contributed by atoms with Crippen LogP contribution in [0.15, 0.2) is 47.8 Å². The molecule has 1 fully saturated rings. The van der Waals surface area contributed by atoms with Gasteiger partial charge in [-0.2, -0.15) is 0 Å². The molecule has 1 aliphatic heterocycles. The number of β-amino-alcohol motifs (C(OH)–C–C–N with tert-alkyl or cyclic N) is 1. The summed E-state index contributed by atoms with van der Waals surface area (Å²) in [5, 5.41) is 17.6. The summed E-state index contributed by atoms with van der Waals surface area (Å²) in [4.78, 5) is 25.9. The zero-order valence-electron chi connectivity index (χ0n) is 20.4. The lowest BCUT2D eigenvalue weighted by atomic mass is 10.2. The minimum atomic E-state index is -0.595. The molecule has 1 atom stereocenters. The van der Waals surface area contributed by atoms with Gasteiger partial charge in [0, 0.05) is 54.8 Å². The Hall–Kier alpha value is -2.60. The van der Waals surface area contributed by atoms with Crippen molar-refractivity contribution in [1.29, 1.82) is 0 Å². The van der Waals surface area contributed by atoms with Gasteiger partial charge in [-0.1, -0.05) is 23.7 Å². The number of thiazole rings is 2. The molecule has 0 saturated carbocycles. The summed E-state index contributed by atoms with van der Waals surface area (Å²) < 4.78 is 6.94. The number of anilines is 1. The van der Waals surface area contributed by atoms with Gasteiger partial charge in [0.25, 0.3) is 0 Å². The molecule has 194 valence electrons. The number of rotatable bonds is 9. The van der Waals surface area contributed by atoms with Gasteiger partial charge in [-0.25, -0.2) is 9.97 Å². The Morgan fingerprint density at radius 1 is 1.14 bits per heavy atom. The first-order valence-electron chi connectivity index (χ1n) is 12.1. The fourth-order valence-corrected chi connectivity index (χ4v) is 5.90. The van der Waals surface area contributed by atoms with Gasteiger partial charge >= 0.3 is 0 Å². The van der Waals surface area contributed by atoms with Gasteiger partial charge in [-0.15, -0.1) is 22.7 Å². The Morgan fingerprint density at radius 3 is 2.68 bits per heavy atom. The minimum absolute atomic E-state index is 0.0776. The van der Waals surface area contributed by atoms with E-state index in [0.29, 0.717) is 29.0 Å². The Kier molecular flexibility index (Phi) is 8.33. The number of carbonyl (C=O) groups excluding carboxylic acids is 1. The molecule has 1 aliphatic rings. The van der Waals surface area contributed by atoms with E-state index in [1.165, 1.54) is 11.3 Å². The largest absolute Gasteiger partial charge is 0.491 e. The molecule has 0 radical (unpaired) electrons. The lowest BCUT2D eigenvalue weighted by Crippen LogP contribution is -2.50. The van der Waals surface area contributed by atoms with Crippen LogP contribution >= 0.6 is 34.3 Å². The van der Waals surface area contributed by atoms with Gasteiger partial charge in [0.05, 0.1) is 27.5 Å². The molecule has 5 rings (SSSR count). The van der Waals surface area contributed by atoms with Gasteiger partial charge in [0.15, 0.2) is 5.13 Å². The number of aryl methyl sites for hydroxylation is 1. The Labute approximate surface area is 228 Å². The average molecular weight is 558 g/mol. The number of amides is 1. The number of piperazine rings is 1. The maximum Gasteiger partial charge on any atom is 0.240 e. The van der Waals surface area contributed by atoms with Crippen LogP contribution in [-0.2, 0) is 4.79 Å². The first-order valence-corrected chi connectivity index (χ1v) is 14.1. The molecule has 37 heavy (non-hydrogen) atoms. The van der Waals surface area contributed by atoms with Gasteiger partial charge in [-0.3, -0.25) is 14.6 Å². The van der Waals surface area contributed by atoms with Crippen LogP contribution in [0.2, 0.25) is 5.02 Å². The van der Waals surface area contributed by atoms with E-state index >= 15 is 0 Å². The van der Waals surface area contributed by atoms with Crippen molar-refractivity contribution in [1.82, 2.24) is 19.8 Å². The molecule has 0 spiro atoms. The molecular weight excluding hydrogens is 530 g/mol. The predicted molar refractivity (Wildman–Crippen MR) is 150 cm³/mol. The zero-order valence-corrected chi connectivity index (χ0v) is 22.8. The summed E-state index contributed by atoms with van der Waals surface area (Å²) in [7, 11) is 0. The standard InChI is InChI=1S/C26H28ClN5O3S2/c1-17-28-22-12-21(6-7-24(22)37-17)35-15-20(33)13-31-8-10-32(11-9-31)14-25(34)30-26-29-23(16-36-26)18-2-4-19(27)5-3-18/h2-7,12,16,20,33H,8-11,13-15H2,1H3,(H,29,30,34)/t20-/m1/s1. The van der Waals surface area contributed by atoms with Crippen LogP contribution in [0.4, 0.5) is 5.13 Å². The summed E-state index contributed by atoms with van der Waals surface area (Å²) in [6, 6.07) is 13.3. The summed E-state index contributed by atoms with van der Waals surface area (Å²) in [5.41, 5.74) is 2.69. The lowest BCUT2D eigenvalue weighted by Gasteiger charge is -2.35. The van der Waals surface area contributed by atoms with Crippen molar-refractivity contribution in [3.63, 3.8) is 0 Å². The van der Waals surface area contributed by atoms with Crippen LogP contribution in [0.3, 0.4) is 0 Å². The lowest BCUT2D eigenvalue weighted by molar-refractivity contribution is -0.117. The Balaban J connectivity index is 1.02. The Bertz CT molecular complexity index is 1350. The number of carbonyl (C=O) groups is 1. The second-order valence-corrected chi connectivity index (χ2v) is 11.5. The zero-order chi connectivity index (χ0) is 25.8. The first kappa shape index (κ1) is 26.0. The van der Waals surface area contributed by atoms with Gasteiger partial charge in [0.1, 0.15) is 18.5 Å². The van der Waals surface area contributed by atoms with E-state index in [2.05, 4.69) is 25.1 Å². The molecule has 4 aromatic rings. The molecule has 0 aliphatic carbocycles. The maximum absolute atomic E-state index is 12.6. The molecule has 11 heteroatoms. The molecule has 0 unspecified atom stereocenters. The first-order chi connectivity index (χ1) is 17.9.